The van der Waals surface area contributed by atoms with Gasteiger partial charge in [0, 0.05) is 12.1 Å². The maximum absolute atomic E-state index is 12.7. The summed E-state index contributed by atoms with van der Waals surface area (Å²) in [6.07, 6.45) is 6.78. The van der Waals surface area contributed by atoms with E-state index in [1.165, 1.54) is 18.3 Å². The van der Waals surface area contributed by atoms with E-state index in [1.807, 2.05) is 0 Å². The summed E-state index contributed by atoms with van der Waals surface area (Å²) in [5.74, 6) is 0.529. The molecule has 3 fully saturated rings. The molecule has 7 nitrogen and oxygen atoms in total. The molecule has 2 amide bonds. The smallest absolute Gasteiger partial charge is 0.269 e. The quantitative estimate of drug-likeness (QED) is 0.277. The molecule has 25 heavy (non-hydrogen) atoms. The molecule has 1 heterocycles. The molecule has 5 aliphatic rings. The second-order valence-electron chi connectivity index (χ2n) is 7.24. The van der Waals surface area contributed by atoms with Gasteiger partial charge in [-0.1, -0.05) is 12.2 Å². The van der Waals surface area contributed by atoms with Gasteiger partial charge in [-0.15, -0.1) is 0 Å². The Morgan fingerprint density at radius 2 is 1.60 bits per heavy atom. The molecule has 6 atom stereocenters. The van der Waals surface area contributed by atoms with Gasteiger partial charge in [-0.25, -0.2) is 0 Å². The van der Waals surface area contributed by atoms with E-state index in [2.05, 4.69) is 17.3 Å². The second kappa shape index (κ2) is 4.84. The van der Waals surface area contributed by atoms with Crippen molar-refractivity contribution in [2.24, 2.45) is 40.6 Å². The number of hydrogen-bond donors (Lipinski definition) is 0. The van der Waals surface area contributed by atoms with Crippen LogP contribution in [0.1, 0.15) is 12.0 Å². The number of nitro groups is 1. The normalized spacial score (nSPS) is 37.5. The highest BCUT2D eigenvalue weighted by Crippen LogP contribution is 2.65. The van der Waals surface area contributed by atoms with E-state index in [9.17, 15) is 19.7 Å². The molecule has 0 aromatic heterocycles. The summed E-state index contributed by atoms with van der Waals surface area (Å²) >= 11 is 0. The molecular formula is C18H15N3O4. The number of hydrazone groups is 1. The maximum atomic E-state index is 12.7. The van der Waals surface area contributed by atoms with Gasteiger partial charge in [0.1, 0.15) is 0 Å². The first kappa shape index (κ1) is 14.5. The van der Waals surface area contributed by atoms with Crippen LogP contribution in [-0.2, 0) is 9.59 Å². The van der Waals surface area contributed by atoms with Crippen LogP contribution in [0.3, 0.4) is 0 Å². The fourth-order valence-electron chi connectivity index (χ4n) is 4.86. The highest BCUT2D eigenvalue weighted by molar-refractivity contribution is 6.06. The Labute approximate surface area is 143 Å². The number of carbonyl (C=O) groups is 2. The van der Waals surface area contributed by atoms with Crippen molar-refractivity contribution in [2.75, 3.05) is 0 Å². The van der Waals surface area contributed by atoms with Gasteiger partial charge in [-0.2, -0.15) is 10.1 Å². The number of nitrogens with zero attached hydrogens (tertiary/aromatic N) is 3. The number of nitro benzene ring substituents is 1. The number of allylic oxidation sites excluding steroid dienone is 2. The summed E-state index contributed by atoms with van der Waals surface area (Å²) in [6.45, 7) is 0. The highest BCUT2D eigenvalue weighted by Gasteiger charge is 2.67. The van der Waals surface area contributed by atoms with Crippen LogP contribution in [0.4, 0.5) is 5.69 Å². The van der Waals surface area contributed by atoms with E-state index < -0.39 is 4.92 Å². The molecule has 1 aromatic rings. The summed E-state index contributed by atoms with van der Waals surface area (Å²) in [7, 11) is 0. The number of rotatable bonds is 3. The van der Waals surface area contributed by atoms with Crippen LogP contribution in [0.5, 0.6) is 0 Å². The van der Waals surface area contributed by atoms with Crippen LogP contribution < -0.4 is 0 Å². The summed E-state index contributed by atoms with van der Waals surface area (Å²) in [5, 5.41) is 15.8. The summed E-state index contributed by atoms with van der Waals surface area (Å²) in [5.41, 5.74) is 0.586. The number of imide groups is 1. The molecule has 2 saturated carbocycles. The van der Waals surface area contributed by atoms with E-state index in [-0.39, 0.29) is 41.2 Å². The molecule has 1 aliphatic heterocycles. The average Bonchev–Trinajstić information content (AvgIpc) is 3.39. The lowest BCUT2D eigenvalue weighted by Gasteiger charge is -2.37. The number of non-ortho nitro benzene ring substituents is 1. The third kappa shape index (κ3) is 1.95. The molecule has 1 aromatic carbocycles. The van der Waals surface area contributed by atoms with Gasteiger partial charge in [0.15, 0.2) is 0 Å². The van der Waals surface area contributed by atoms with Gasteiger partial charge in [0.2, 0.25) is 0 Å². The van der Waals surface area contributed by atoms with E-state index in [0.717, 1.165) is 11.4 Å². The van der Waals surface area contributed by atoms with Crippen molar-refractivity contribution in [3.05, 3.63) is 52.1 Å². The lowest BCUT2D eigenvalue weighted by Crippen LogP contribution is -2.40. The fraction of sp³-hybridized carbons (Fsp3) is 0.389. The Morgan fingerprint density at radius 1 is 1.04 bits per heavy atom. The Kier molecular flexibility index (Phi) is 2.81. The van der Waals surface area contributed by atoms with Crippen molar-refractivity contribution in [1.82, 2.24) is 5.01 Å². The van der Waals surface area contributed by atoms with E-state index in [0.29, 0.717) is 17.4 Å². The largest absolute Gasteiger partial charge is 0.272 e. The fourth-order valence-corrected chi connectivity index (χ4v) is 4.86. The van der Waals surface area contributed by atoms with Crippen LogP contribution in [0.2, 0.25) is 0 Å². The number of amides is 2. The molecular weight excluding hydrogens is 322 g/mol. The second-order valence-corrected chi connectivity index (χ2v) is 7.24. The Bertz CT molecular complexity index is 824. The van der Waals surface area contributed by atoms with Gasteiger partial charge in [0.05, 0.1) is 23.0 Å². The first-order valence-corrected chi connectivity index (χ1v) is 8.41. The number of hydrogen-bond acceptors (Lipinski definition) is 5. The van der Waals surface area contributed by atoms with Crippen LogP contribution >= 0.6 is 0 Å². The predicted octanol–water partition coefficient (Wildman–Crippen LogP) is 1.98. The zero-order chi connectivity index (χ0) is 17.3. The van der Waals surface area contributed by atoms with Crippen molar-refractivity contribution < 1.29 is 14.5 Å². The minimum atomic E-state index is -0.479. The van der Waals surface area contributed by atoms with Crippen molar-refractivity contribution in [2.45, 2.75) is 6.42 Å². The van der Waals surface area contributed by atoms with Crippen molar-refractivity contribution in [3.8, 4) is 0 Å². The Balaban J connectivity index is 1.39. The summed E-state index contributed by atoms with van der Waals surface area (Å²) < 4.78 is 0. The zero-order valence-corrected chi connectivity index (χ0v) is 13.2. The monoisotopic (exact) mass is 337 g/mol. The SMILES string of the molecule is O=C1[C@@H]2[C@@H]3C=C[C@@H]([C@@H]4C[C@H]34)[C@@H]2C(=O)N1/N=C\c1ccc([N+](=O)[O-])cc1. The third-order valence-electron chi connectivity index (χ3n) is 6.07. The van der Waals surface area contributed by atoms with Gasteiger partial charge < -0.3 is 0 Å². The van der Waals surface area contributed by atoms with Crippen LogP contribution in [0.25, 0.3) is 0 Å². The first-order chi connectivity index (χ1) is 12.1. The molecule has 1 saturated heterocycles. The van der Waals surface area contributed by atoms with E-state index in [4.69, 9.17) is 0 Å². The Hall–Kier alpha value is -2.83. The van der Waals surface area contributed by atoms with Gasteiger partial charge in [-0.3, -0.25) is 19.7 Å². The van der Waals surface area contributed by atoms with Crippen LogP contribution in [0.15, 0.2) is 41.5 Å². The maximum Gasteiger partial charge on any atom is 0.269 e. The molecule has 4 aliphatic carbocycles. The molecule has 0 spiro atoms. The van der Waals surface area contributed by atoms with Crippen molar-refractivity contribution in [3.63, 3.8) is 0 Å². The molecule has 6 rings (SSSR count). The molecule has 126 valence electrons. The summed E-state index contributed by atoms with van der Waals surface area (Å²) in [4.78, 5) is 35.7. The van der Waals surface area contributed by atoms with E-state index in [1.54, 1.807) is 12.1 Å². The number of benzene rings is 1. The molecule has 0 N–H and O–H groups in total. The standard InChI is InChI=1S/C18H15N3O4/c22-17-15-11-5-6-12(14-7-13(11)14)16(15)18(23)20(17)19-8-9-1-3-10(4-2-9)21(24)25/h1-6,8,11-16H,7H2/b19-8-/t11-,12+,13-,14+,15-,16+. The molecule has 7 heteroatoms. The first-order valence-electron chi connectivity index (χ1n) is 8.41. The summed E-state index contributed by atoms with van der Waals surface area (Å²) in [6, 6.07) is 5.82. The van der Waals surface area contributed by atoms with E-state index >= 15 is 0 Å². The van der Waals surface area contributed by atoms with Crippen LogP contribution in [0, 0.1) is 45.6 Å². The molecule has 0 unspecified atom stereocenters. The zero-order valence-electron chi connectivity index (χ0n) is 13.2. The van der Waals surface area contributed by atoms with Crippen molar-refractivity contribution >= 4 is 23.7 Å². The molecule has 0 radical (unpaired) electrons. The van der Waals surface area contributed by atoms with Gasteiger partial charge >= 0.3 is 0 Å². The third-order valence-corrected chi connectivity index (χ3v) is 6.07. The predicted molar refractivity (Wildman–Crippen MR) is 87.2 cm³/mol. The lowest BCUT2D eigenvalue weighted by atomic mass is 9.63. The van der Waals surface area contributed by atoms with Crippen LogP contribution in [-0.4, -0.2) is 28.0 Å². The average molecular weight is 337 g/mol. The molecule has 2 bridgehead atoms. The number of carbonyl (C=O) groups excluding carboxylic acids is 2. The minimum absolute atomic E-state index is 0.0154. The lowest BCUT2D eigenvalue weighted by molar-refractivity contribution is -0.384. The Morgan fingerprint density at radius 3 is 2.12 bits per heavy atom. The minimum Gasteiger partial charge on any atom is -0.272 e. The van der Waals surface area contributed by atoms with Crippen molar-refractivity contribution in [1.29, 1.82) is 0 Å². The highest BCUT2D eigenvalue weighted by atomic mass is 16.6. The van der Waals surface area contributed by atoms with Gasteiger partial charge in [-0.05, 0) is 47.8 Å². The topological polar surface area (TPSA) is 92.9 Å². The van der Waals surface area contributed by atoms with Gasteiger partial charge in [0.25, 0.3) is 17.5 Å².